The van der Waals surface area contributed by atoms with E-state index in [9.17, 15) is 9.59 Å². The predicted octanol–water partition coefficient (Wildman–Crippen LogP) is 2.02. The van der Waals surface area contributed by atoms with Gasteiger partial charge in [0, 0.05) is 18.6 Å². The summed E-state index contributed by atoms with van der Waals surface area (Å²) in [5.74, 6) is -1.34. The number of carbonyl (C=O) groups is 2. The zero-order valence-electron chi connectivity index (χ0n) is 13.6. The van der Waals surface area contributed by atoms with Gasteiger partial charge in [0.1, 0.15) is 5.69 Å². The van der Waals surface area contributed by atoms with Crippen molar-refractivity contribution in [2.75, 3.05) is 7.11 Å². The van der Waals surface area contributed by atoms with E-state index in [0.717, 1.165) is 6.42 Å². The molecule has 2 N–H and O–H groups in total. The van der Waals surface area contributed by atoms with Gasteiger partial charge in [-0.3, -0.25) is 4.79 Å². The van der Waals surface area contributed by atoms with Crippen molar-refractivity contribution in [2.45, 2.75) is 45.8 Å². The van der Waals surface area contributed by atoms with Crippen LogP contribution in [0.5, 0.6) is 0 Å². The summed E-state index contributed by atoms with van der Waals surface area (Å²) in [4.78, 5) is 27.4. The lowest BCUT2D eigenvalue weighted by atomic mass is 9.56. The summed E-state index contributed by atoms with van der Waals surface area (Å²) in [7, 11) is 1.68. The monoisotopic (exact) mass is 306 g/mol. The van der Waals surface area contributed by atoms with Crippen LogP contribution in [0.4, 0.5) is 0 Å². The zero-order valence-corrected chi connectivity index (χ0v) is 13.6. The van der Waals surface area contributed by atoms with Gasteiger partial charge in [0.05, 0.1) is 16.9 Å². The summed E-state index contributed by atoms with van der Waals surface area (Å²) >= 11 is 0. The Balaban J connectivity index is 2.11. The molecule has 1 fully saturated rings. The molecule has 0 aliphatic heterocycles. The highest BCUT2D eigenvalue weighted by atomic mass is 16.5. The van der Waals surface area contributed by atoms with E-state index in [1.165, 1.54) is 12.1 Å². The maximum absolute atomic E-state index is 12.3. The number of hydrogen-bond donors (Lipinski definition) is 2. The summed E-state index contributed by atoms with van der Waals surface area (Å²) in [5.41, 5.74) is 0.209. The highest BCUT2D eigenvalue weighted by Crippen LogP contribution is 2.51. The van der Waals surface area contributed by atoms with Crippen molar-refractivity contribution in [2.24, 2.45) is 5.41 Å². The van der Waals surface area contributed by atoms with Gasteiger partial charge in [0.2, 0.25) is 0 Å². The Morgan fingerprint density at radius 3 is 2.45 bits per heavy atom. The largest absolute Gasteiger partial charge is 0.478 e. The number of carboxylic acid groups (broad SMARTS) is 1. The van der Waals surface area contributed by atoms with E-state index in [2.05, 4.69) is 24.1 Å². The van der Waals surface area contributed by atoms with Crippen molar-refractivity contribution >= 4 is 11.9 Å². The third kappa shape index (κ3) is 2.47. The molecule has 0 aromatic carbocycles. The first-order valence-electron chi connectivity index (χ1n) is 7.19. The van der Waals surface area contributed by atoms with E-state index < -0.39 is 5.97 Å². The molecule has 0 spiro atoms. The average Bonchev–Trinajstić information content (AvgIpc) is 2.45. The maximum Gasteiger partial charge on any atom is 0.337 e. The number of amides is 1. The average molecular weight is 306 g/mol. The number of methoxy groups -OCH3 is 1. The molecule has 22 heavy (non-hydrogen) atoms. The van der Waals surface area contributed by atoms with Crippen molar-refractivity contribution in [3.8, 4) is 0 Å². The van der Waals surface area contributed by atoms with E-state index in [4.69, 9.17) is 9.84 Å². The van der Waals surface area contributed by atoms with Gasteiger partial charge >= 0.3 is 5.97 Å². The lowest BCUT2D eigenvalue weighted by Gasteiger charge is -2.59. The van der Waals surface area contributed by atoms with Crippen LogP contribution in [0.3, 0.4) is 0 Å². The minimum atomic E-state index is -1.05. The van der Waals surface area contributed by atoms with Crippen LogP contribution in [0.15, 0.2) is 12.1 Å². The van der Waals surface area contributed by atoms with Crippen LogP contribution in [0.25, 0.3) is 0 Å². The summed E-state index contributed by atoms with van der Waals surface area (Å²) < 4.78 is 5.54. The molecule has 2 atom stereocenters. The number of rotatable bonds is 4. The second-order valence-corrected chi connectivity index (χ2v) is 6.52. The maximum atomic E-state index is 12.3. The number of pyridine rings is 1. The predicted molar refractivity (Wildman–Crippen MR) is 81.0 cm³/mol. The minimum absolute atomic E-state index is 0.00814. The summed E-state index contributed by atoms with van der Waals surface area (Å²) in [6.07, 6.45) is 0.731. The van der Waals surface area contributed by atoms with Gasteiger partial charge < -0.3 is 15.2 Å². The van der Waals surface area contributed by atoms with Crippen LogP contribution in [0.2, 0.25) is 0 Å². The van der Waals surface area contributed by atoms with Crippen LogP contribution >= 0.6 is 0 Å². The molecule has 1 saturated carbocycles. The summed E-state index contributed by atoms with van der Waals surface area (Å²) in [6, 6.07) is 2.84. The fraction of sp³-hybridized carbons (Fsp3) is 0.562. The Kier molecular flexibility index (Phi) is 4.00. The van der Waals surface area contributed by atoms with Crippen molar-refractivity contribution in [3.63, 3.8) is 0 Å². The lowest BCUT2D eigenvalue weighted by molar-refractivity contribution is -0.177. The van der Waals surface area contributed by atoms with Crippen molar-refractivity contribution < 1.29 is 19.4 Å². The number of carbonyl (C=O) groups excluding carboxylic acids is 1. The molecule has 0 bridgehead atoms. The first kappa shape index (κ1) is 16.4. The van der Waals surface area contributed by atoms with Crippen LogP contribution in [-0.4, -0.2) is 40.7 Å². The normalized spacial score (nSPS) is 26.1. The zero-order chi connectivity index (χ0) is 16.7. The molecule has 1 amide bonds. The Bertz CT molecular complexity index is 627. The van der Waals surface area contributed by atoms with Gasteiger partial charge in [-0.15, -0.1) is 0 Å². The van der Waals surface area contributed by atoms with Crippen molar-refractivity contribution in [3.05, 3.63) is 29.1 Å². The molecule has 2 rings (SSSR count). The smallest absolute Gasteiger partial charge is 0.337 e. The number of aromatic nitrogens is 1. The highest BCUT2D eigenvalue weighted by molar-refractivity contribution is 5.94. The Morgan fingerprint density at radius 1 is 1.36 bits per heavy atom. The molecule has 0 saturated heterocycles. The minimum Gasteiger partial charge on any atom is -0.478 e. The van der Waals surface area contributed by atoms with Crippen LogP contribution in [-0.2, 0) is 4.74 Å². The van der Waals surface area contributed by atoms with Gasteiger partial charge in [-0.2, -0.15) is 0 Å². The molecular weight excluding hydrogens is 284 g/mol. The quantitative estimate of drug-likeness (QED) is 0.888. The fourth-order valence-electron chi connectivity index (χ4n) is 2.87. The molecule has 2 unspecified atom stereocenters. The first-order chi connectivity index (χ1) is 10.1. The molecular formula is C16H22N2O4. The molecule has 1 aliphatic rings. The molecule has 1 aromatic heterocycles. The molecule has 0 radical (unpaired) electrons. The Labute approximate surface area is 129 Å². The third-order valence-electron chi connectivity index (χ3n) is 5.13. The molecule has 1 aliphatic carbocycles. The molecule has 1 aromatic rings. The van der Waals surface area contributed by atoms with Gasteiger partial charge in [-0.1, -0.05) is 13.8 Å². The highest BCUT2D eigenvalue weighted by Gasteiger charge is 2.58. The van der Waals surface area contributed by atoms with Gasteiger partial charge in [-0.25, -0.2) is 9.78 Å². The van der Waals surface area contributed by atoms with E-state index in [-0.39, 0.29) is 34.2 Å². The van der Waals surface area contributed by atoms with Crippen molar-refractivity contribution in [1.82, 2.24) is 10.3 Å². The first-order valence-corrected chi connectivity index (χ1v) is 7.19. The number of nitrogens with zero attached hydrogens (tertiary/aromatic N) is 1. The number of ether oxygens (including phenoxy) is 1. The summed E-state index contributed by atoms with van der Waals surface area (Å²) in [6.45, 7) is 7.71. The third-order valence-corrected chi connectivity index (χ3v) is 5.13. The Morgan fingerprint density at radius 2 is 2.00 bits per heavy atom. The fourth-order valence-corrected chi connectivity index (χ4v) is 2.87. The van der Waals surface area contributed by atoms with Gasteiger partial charge in [0.15, 0.2) is 0 Å². The van der Waals surface area contributed by atoms with E-state index in [1.54, 1.807) is 14.0 Å². The van der Waals surface area contributed by atoms with Gasteiger partial charge in [-0.05, 0) is 32.4 Å². The van der Waals surface area contributed by atoms with Crippen molar-refractivity contribution in [1.29, 1.82) is 0 Å². The molecule has 1 heterocycles. The number of nitrogens with one attached hydrogen (secondary N) is 1. The molecule has 6 nitrogen and oxygen atoms in total. The standard InChI is InChI=1S/C16H22N2O4/c1-9-10(14(20)21)6-7-11(17-9)13(19)18-12-8-16(4,22-5)15(12,2)3/h6-7,12H,8H2,1-5H3,(H,18,19)(H,20,21). The van der Waals surface area contributed by atoms with Crippen LogP contribution < -0.4 is 5.32 Å². The number of hydrogen-bond acceptors (Lipinski definition) is 4. The van der Waals surface area contributed by atoms with E-state index >= 15 is 0 Å². The van der Waals surface area contributed by atoms with E-state index in [0.29, 0.717) is 5.69 Å². The Hall–Kier alpha value is -1.95. The number of aromatic carboxylic acids is 1. The second-order valence-electron chi connectivity index (χ2n) is 6.52. The molecule has 120 valence electrons. The summed E-state index contributed by atoms with van der Waals surface area (Å²) in [5, 5.41) is 11.9. The molecule has 6 heteroatoms. The topological polar surface area (TPSA) is 88.5 Å². The van der Waals surface area contributed by atoms with Crippen LogP contribution in [0, 0.1) is 12.3 Å². The SMILES string of the molecule is COC1(C)CC(NC(=O)c2ccc(C(=O)O)c(C)n2)C1(C)C. The van der Waals surface area contributed by atoms with E-state index in [1.807, 2.05) is 6.92 Å². The van der Waals surface area contributed by atoms with Gasteiger partial charge in [0.25, 0.3) is 5.91 Å². The van der Waals surface area contributed by atoms with Crippen LogP contribution in [0.1, 0.15) is 53.7 Å². The lowest BCUT2D eigenvalue weighted by Crippen LogP contribution is -2.68. The number of carboxylic acids is 1. The number of aryl methyl sites for hydroxylation is 1. The second kappa shape index (κ2) is 5.35.